The second kappa shape index (κ2) is 6.20. The lowest BCUT2D eigenvalue weighted by atomic mass is 9.97. The molecular formula is C18H22. The second-order valence-electron chi connectivity index (χ2n) is 4.94. The lowest BCUT2D eigenvalue weighted by Gasteiger charge is -2.09. The largest absolute Gasteiger partial charge is 0.0961 e. The molecule has 18 heavy (non-hydrogen) atoms. The van der Waals surface area contributed by atoms with E-state index in [4.69, 9.17) is 0 Å². The Morgan fingerprint density at radius 1 is 1.11 bits per heavy atom. The Labute approximate surface area is 111 Å². The molecule has 0 aliphatic heterocycles. The van der Waals surface area contributed by atoms with E-state index in [-0.39, 0.29) is 0 Å². The van der Waals surface area contributed by atoms with Gasteiger partial charge >= 0.3 is 0 Å². The lowest BCUT2D eigenvalue weighted by Crippen LogP contribution is -1.91. The van der Waals surface area contributed by atoms with Crippen molar-refractivity contribution >= 4 is 5.57 Å². The van der Waals surface area contributed by atoms with Crippen molar-refractivity contribution in [3.05, 3.63) is 77.9 Å². The number of hydrogen-bond acceptors (Lipinski definition) is 0. The zero-order valence-corrected chi connectivity index (χ0v) is 11.7. The molecule has 0 aliphatic carbocycles. The Balaban J connectivity index is 2.86. The first-order valence-electron chi connectivity index (χ1n) is 6.17. The maximum atomic E-state index is 4.07. The highest BCUT2D eigenvalue weighted by Gasteiger charge is 2.02. The molecule has 0 spiro atoms. The third kappa shape index (κ3) is 4.21. The zero-order valence-electron chi connectivity index (χ0n) is 11.7. The van der Waals surface area contributed by atoms with E-state index in [2.05, 4.69) is 44.9 Å². The molecule has 0 heteroatoms. The van der Waals surface area contributed by atoms with Crippen LogP contribution in [0.25, 0.3) is 5.57 Å². The Morgan fingerprint density at radius 2 is 1.78 bits per heavy atom. The molecular weight excluding hydrogens is 216 g/mol. The van der Waals surface area contributed by atoms with E-state index in [0.717, 1.165) is 23.1 Å². The number of hydrogen-bond donors (Lipinski definition) is 0. The summed E-state index contributed by atoms with van der Waals surface area (Å²) in [6, 6.07) is 6.51. The summed E-state index contributed by atoms with van der Waals surface area (Å²) in [5.41, 5.74) is 7.03. The minimum Gasteiger partial charge on any atom is -0.0961 e. The molecule has 0 radical (unpaired) electrons. The van der Waals surface area contributed by atoms with Gasteiger partial charge in [-0.15, -0.1) is 0 Å². The third-order valence-electron chi connectivity index (χ3n) is 2.80. The maximum Gasteiger partial charge on any atom is -0.00314 e. The van der Waals surface area contributed by atoms with E-state index >= 15 is 0 Å². The number of aryl methyl sites for hydroxylation is 1. The van der Waals surface area contributed by atoms with Crippen molar-refractivity contribution in [2.75, 3.05) is 0 Å². The summed E-state index contributed by atoms with van der Waals surface area (Å²) >= 11 is 0. The summed E-state index contributed by atoms with van der Waals surface area (Å²) in [4.78, 5) is 0. The van der Waals surface area contributed by atoms with Gasteiger partial charge in [0.15, 0.2) is 0 Å². The third-order valence-corrected chi connectivity index (χ3v) is 2.80. The second-order valence-corrected chi connectivity index (χ2v) is 4.94. The molecule has 0 amide bonds. The van der Waals surface area contributed by atoms with Gasteiger partial charge in [0.05, 0.1) is 0 Å². The molecule has 0 aliphatic rings. The van der Waals surface area contributed by atoms with Crippen LogP contribution < -0.4 is 0 Å². The van der Waals surface area contributed by atoms with Crippen LogP contribution in [-0.4, -0.2) is 0 Å². The molecule has 0 aromatic heterocycles. The molecule has 0 N–H and O–H groups in total. The molecule has 0 fully saturated rings. The average Bonchev–Trinajstić information content (AvgIpc) is 2.28. The van der Waals surface area contributed by atoms with Crippen LogP contribution in [0.1, 0.15) is 30.5 Å². The summed E-state index contributed by atoms with van der Waals surface area (Å²) in [6.45, 7) is 18.1. The van der Waals surface area contributed by atoms with Crippen LogP contribution >= 0.6 is 0 Å². The van der Waals surface area contributed by atoms with Crippen molar-refractivity contribution in [2.24, 2.45) is 0 Å². The van der Waals surface area contributed by atoms with Crippen LogP contribution in [0.3, 0.4) is 0 Å². The van der Waals surface area contributed by atoms with Crippen molar-refractivity contribution in [3.8, 4) is 0 Å². The molecule has 0 heterocycles. The first-order chi connectivity index (χ1) is 8.40. The van der Waals surface area contributed by atoms with E-state index in [1.807, 2.05) is 26.0 Å². The molecule has 1 aromatic rings. The molecule has 94 valence electrons. The van der Waals surface area contributed by atoms with Gasteiger partial charge in [-0.1, -0.05) is 66.8 Å². The summed E-state index contributed by atoms with van der Waals surface area (Å²) in [5.74, 6) is 0. The highest BCUT2D eigenvalue weighted by atomic mass is 14.1. The Kier molecular flexibility index (Phi) is 4.91. The highest BCUT2D eigenvalue weighted by molar-refractivity contribution is 5.65. The van der Waals surface area contributed by atoms with Crippen molar-refractivity contribution in [1.29, 1.82) is 0 Å². The molecule has 0 saturated carbocycles. The number of benzene rings is 1. The maximum absolute atomic E-state index is 4.07. The molecule has 1 aromatic carbocycles. The van der Waals surface area contributed by atoms with Crippen LogP contribution in [0.5, 0.6) is 0 Å². The molecule has 0 unspecified atom stereocenters. The van der Waals surface area contributed by atoms with E-state index < -0.39 is 0 Å². The van der Waals surface area contributed by atoms with E-state index in [0.29, 0.717) is 0 Å². The molecule has 0 saturated heterocycles. The van der Waals surface area contributed by atoms with Crippen LogP contribution in [0.4, 0.5) is 0 Å². The van der Waals surface area contributed by atoms with Crippen molar-refractivity contribution in [1.82, 2.24) is 0 Å². The fourth-order valence-electron chi connectivity index (χ4n) is 1.82. The number of allylic oxidation sites excluding steroid dienone is 5. The van der Waals surface area contributed by atoms with Gasteiger partial charge in [0.2, 0.25) is 0 Å². The van der Waals surface area contributed by atoms with Gasteiger partial charge in [0.1, 0.15) is 0 Å². The van der Waals surface area contributed by atoms with Gasteiger partial charge in [0.25, 0.3) is 0 Å². The van der Waals surface area contributed by atoms with Gasteiger partial charge in [-0.2, -0.15) is 0 Å². The summed E-state index contributed by atoms with van der Waals surface area (Å²) in [7, 11) is 0. The van der Waals surface area contributed by atoms with E-state index in [1.165, 1.54) is 16.7 Å². The van der Waals surface area contributed by atoms with Gasteiger partial charge < -0.3 is 0 Å². The Bertz CT molecular complexity index is 513. The molecule has 1 rings (SSSR count). The summed E-state index contributed by atoms with van der Waals surface area (Å²) in [6.07, 6.45) is 4.89. The van der Waals surface area contributed by atoms with Crippen LogP contribution in [0, 0.1) is 6.92 Å². The number of rotatable bonds is 5. The average molecular weight is 238 g/mol. The highest BCUT2D eigenvalue weighted by Crippen LogP contribution is 2.20. The van der Waals surface area contributed by atoms with Gasteiger partial charge in [-0.05, 0) is 43.9 Å². The monoisotopic (exact) mass is 238 g/mol. The van der Waals surface area contributed by atoms with Gasteiger partial charge in [0, 0.05) is 0 Å². The van der Waals surface area contributed by atoms with Crippen LogP contribution in [0.2, 0.25) is 0 Å². The first-order valence-corrected chi connectivity index (χ1v) is 6.17. The van der Waals surface area contributed by atoms with Crippen LogP contribution in [0.15, 0.2) is 61.2 Å². The fourth-order valence-corrected chi connectivity index (χ4v) is 1.82. The van der Waals surface area contributed by atoms with Crippen molar-refractivity contribution < 1.29 is 0 Å². The lowest BCUT2D eigenvalue weighted by molar-refractivity contribution is 1.19. The Morgan fingerprint density at radius 3 is 2.33 bits per heavy atom. The van der Waals surface area contributed by atoms with E-state index in [1.54, 1.807) is 0 Å². The van der Waals surface area contributed by atoms with Crippen molar-refractivity contribution in [3.63, 3.8) is 0 Å². The predicted octanol–water partition coefficient (Wildman–Crippen LogP) is 5.26. The minimum atomic E-state index is 0.865. The summed E-state index contributed by atoms with van der Waals surface area (Å²) in [5, 5.41) is 0. The SMILES string of the molecule is C=C(C)/C=C\C(=C)Cc1ccc(C)c(C(=C)C)c1. The standard InChI is InChI=1S/C18H22/c1-13(2)7-8-15(5)11-17-10-9-16(6)18(12-17)14(3)4/h7-10,12H,1,3,5,11H2,2,4,6H3/b8-7-. The quantitative estimate of drug-likeness (QED) is 0.614. The van der Waals surface area contributed by atoms with Crippen molar-refractivity contribution in [2.45, 2.75) is 27.2 Å². The summed E-state index contributed by atoms with van der Waals surface area (Å²) < 4.78 is 0. The normalized spacial score (nSPS) is 10.6. The zero-order chi connectivity index (χ0) is 13.7. The first kappa shape index (κ1) is 14.2. The topological polar surface area (TPSA) is 0 Å². The fraction of sp³-hybridized carbons (Fsp3) is 0.222. The minimum absolute atomic E-state index is 0.865. The molecule has 0 bridgehead atoms. The molecule has 0 nitrogen and oxygen atoms in total. The van der Waals surface area contributed by atoms with E-state index in [9.17, 15) is 0 Å². The molecule has 0 atom stereocenters. The predicted molar refractivity (Wildman–Crippen MR) is 82.7 cm³/mol. The Hall–Kier alpha value is -1.82. The van der Waals surface area contributed by atoms with Gasteiger partial charge in [-0.3, -0.25) is 0 Å². The van der Waals surface area contributed by atoms with Crippen LogP contribution in [-0.2, 0) is 6.42 Å². The smallest absolute Gasteiger partial charge is 0.00314 e. The van der Waals surface area contributed by atoms with Gasteiger partial charge in [-0.25, -0.2) is 0 Å².